The van der Waals surface area contributed by atoms with Crippen molar-refractivity contribution in [2.45, 2.75) is 19.6 Å². The fraction of sp³-hybridized carbons (Fsp3) is 0.120. The lowest BCUT2D eigenvalue weighted by Gasteiger charge is -2.33. The molecule has 0 fully saturated rings. The zero-order valence-electron chi connectivity index (χ0n) is 17.8. The fourth-order valence-electron chi connectivity index (χ4n) is 3.48. The Morgan fingerprint density at radius 3 is 2.55 bits per heavy atom. The van der Waals surface area contributed by atoms with Crippen LogP contribution in [0.3, 0.4) is 0 Å². The first-order valence-corrected chi connectivity index (χ1v) is 10.3. The van der Waals surface area contributed by atoms with Gasteiger partial charge in [-0.25, -0.2) is 0 Å². The molecule has 1 heterocycles. The first-order chi connectivity index (χ1) is 15.9. The Labute approximate surface area is 190 Å². The minimum atomic E-state index is -0.644. The number of nitro benzene ring substituents is 1. The maximum absolute atomic E-state index is 12.7. The van der Waals surface area contributed by atoms with Crippen molar-refractivity contribution in [3.05, 3.63) is 100 Å². The number of non-ortho nitro benzene ring substituents is 1. The van der Waals surface area contributed by atoms with Gasteiger partial charge in [0.15, 0.2) is 6.10 Å². The average molecular weight is 443 g/mol. The maximum Gasteiger partial charge on any atom is 0.269 e. The number of hydrogen-bond acceptors (Lipinski definition) is 5. The standard InChI is InChI=1S/C25H21N3O5/c1-17-25(30)27(16-19-5-3-2-4-6-19)22-13-10-20(15-23(22)33-17)26-24(29)14-9-18-7-11-21(12-8-18)28(31)32/h2-15,17H,16H2,1H3,(H,26,29)/b14-9+. The summed E-state index contributed by atoms with van der Waals surface area (Å²) in [4.78, 5) is 37.0. The van der Waals surface area contributed by atoms with E-state index in [9.17, 15) is 19.7 Å². The number of fused-ring (bicyclic) bond motifs is 1. The van der Waals surface area contributed by atoms with Crippen LogP contribution in [0, 0.1) is 10.1 Å². The van der Waals surface area contributed by atoms with Gasteiger partial charge in [0.2, 0.25) is 5.91 Å². The van der Waals surface area contributed by atoms with E-state index < -0.39 is 11.0 Å². The molecule has 1 aliphatic rings. The highest BCUT2D eigenvalue weighted by Crippen LogP contribution is 2.37. The molecular weight excluding hydrogens is 422 g/mol. The van der Waals surface area contributed by atoms with Crippen molar-refractivity contribution in [3.63, 3.8) is 0 Å². The van der Waals surface area contributed by atoms with E-state index in [4.69, 9.17) is 4.74 Å². The summed E-state index contributed by atoms with van der Waals surface area (Å²) >= 11 is 0. The van der Waals surface area contributed by atoms with Gasteiger partial charge in [-0.05, 0) is 48.4 Å². The van der Waals surface area contributed by atoms with Gasteiger partial charge in [0.25, 0.3) is 11.6 Å². The van der Waals surface area contributed by atoms with Crippen molar-refractivity contribution in [1.29, 1.82) is 0 Å². The smallest absolute Gasteiger partial charge is 0.269 e. The predicted octanol–water partition coefficient (Wildman–Crippen LogP) is 4.56. The van der Waals surface area contributed by atoms with Gasteiger partial charge in [0.1, 0.15) is 5.75 Å². The summed E-state index contributed by atoms with van der Waals surface area (Å²) in [6, 6.07) is 20.7. The van der Waals surface area contributed by atoms with E-state index in [1.165, 1.54) is 18.2 Å². The van der Waals surface area contributed by atoms with E-state index in [1.807, 2.05) is 30.3 Å². The summed E-state index contributed by atoms with van der Waals surface area (Å²) < 4.78 is 5.78. The lowest BCUT2D eigenvalue weighted by atomic mass is 10.1. The fourth-order valence-corrected chi connectivity index (χ4v) is 3.48. The molecule has 4 rings (SSSR count). The van der Waals surface area contributed by atoms with E-state index >= 15 is 0 Å². The molecule has 0 aromatic heterocycles. The number of anilines is 2. The highest BCUT2D eigenvalue weighted by molar-refractivity contribution is 6.03. The van der Waals surface area contributed by atoms with Crippen LogP contribution in [0.15, 0.2) is 78.9 Å². The number of carbonyl (C=O) groups is 2. The van der Waals surface area contributed by atoms with Crippen LogP contribution in [-0.4, -0.2) is 22.8 Å². The molecule has 2 amide bonds. The molecule has 166 valence electrons. The van der Waals surface area contributed by atoms with Crippen LogP contribution in [0.25, 0.3) is 6.08 Å². The molecular formula is C25H21N3O5. The molecule has 8 heteroatoms. The molecule has 1 unspecified atom stereocenters. The number of nitrogens with one attached hydrogen (secondary N) is 1. The number of benzene rings is 3. The monoisotopic (exact) mass is 443 g/mol. The van der Waals surface area contributed by atoms with Crippen LogP contribution in [0.2, 0.25) is 0 Å². The summed E-state index contributed by atoms with van der Waals surface area (Å²) in [5.74, 6) is 0.0127. The van der Waals surface area contributed by atoms with Gasteiger partial charge in [-0.2, -0.15) is 0 Å². The topological polar surface area (TPSA) is 102 Å². The third-order valence-electron chi connectivity index (χ3n) is 5.15. The van der Waals surface area contributed by atoms with Crippen molar-refractivity contribution in [2.24, 2.45) is 0 Å². The van der Waals surface area contributed by atoms with Crippen molar-refractivity contribution < 1.29 is 19.2 Å². The first-order valence-electron chi connectivity index (χ1n) is 10.3. The molecule has 3 aromatic carbocycles. The highest BCUT2D eigenvalue weighted by Gasteiger charge is 2.31. The molecule has 33 heavy (non-hydrogen) atoms. The number of amides is 2. The summed E-state index contributed by atoms with van der Waals surface area (Å²) in [7, 11) is 0. The Kier molecular flexibility index (Phi) is 6.17. The van der Waals surface area contributed by atoms with Gasteiger partial charge in [0, 0.05) is 30.0 Å². The van der Waals surface area contributed by atoms with Crippen LogP contribution in [-0.2, 0) is 16.1 Å². The van der Waals surface area contributed by atoms with Crippen molar-refractivity contribution in [1.82, 2.24) is 0 Å². The molecule has 0 saturated heterocycles. The minimum absolute atomic E-state index is 0.0142. The average Bonchev–Trinajstić information content (AvgIpc) is 2.81. The highest BCUT2D eigenvalue weighted by atomic mass is 16.6. The van der Waals surface area contributed by atoms with E-state index in [0.717, 1.165) is 5.56 Å². The molecule has 0 bridgehead atoms. The molecule has 3 aromatic rings. The van der Waals surface area contributed by atoms with Crippen molar-refractivity contribution in [3.8, 4) is 5.75 Å². The summed E-state index contributed by atoms with van der Waals surface area (Å²) in [5, 5.41) is 13.5. The molecule has 0 spiro atoms. The molecule has 0 radical (unpaired) electrons. The normalized spacial score (nSPS) is 15.1. The van der Waals surface area contributed by atoms with Gasteiger partial charge in [-0.1, -0.05) is 30.3 Å². The Balaban J connectivity index is 1.48. The predicted molar refractivity (Wildman–Crippen MR) is 125 cm³/mol. The second kappa shape index (κ2) is 9.35. The van der Waals surface area contributed by atoms with Crippen LogP contribution < -0.4 is 15.0 Å². The number of nitrogens with zero attached hydrogens (tertiary/aromatic N) is 2. The minimum Gasteiger partial charge on any atom is -0.479 e. The van der Waals surface area contributed by atoms with Crippen molar-refractivity contribution >= 4 is 35.0 Å². The number of nitro groups is 1. The van der Waals surface area contributed by atoms with Gasteiger partial charge < -0.3 is 15.0 Å². The van der Waals surface area contributed by atoms with Gasteiger partial charge in [-0.3, -0.25) is 19.7 Å². The zero-order chi connectivity index (χ0) is 23.4. The van der Waals surface area contributed by atoms with Crippen LogP contribution >= 0.6 is 0 Å². The quantitative estimate of drug-likeness (QED) is 0.342. The molecule has 0 aliphatic carbocycles. The molecule has 1 aliphatic heterocycles. The van der Waals surface area contributed by atoms with Gasteiger partial charge in [-0.15, -0.1) is 0 Å². The number of rotatable bonds is 6. The Bertz CT molecular complexity index is 1220. The lowest BCUT2D eigenvalue weighted by molar-refractivity contribution is -0.384. The SMILES string of the molecule is CC1Oc2cc(NC(=O)/C=C/c3ccc([N+](=O)[O-])cc3)ccc2N(Cc2ccccc2)C1=O. The number of carbonyl (C=O) groups excluding carboxylic acids is 2. The van der Waals surface area contributed by atoms with E-state index in [2.05, 4.69) is 5.32 Å². The maximum atomic E-state index is 12.7. The van der Waals surface area contributed by atoms with Crippen LogP contribution in [0.5, 0.6) is 5.75 Å². The van der Waals surface area contributed by atoms with E-state index in [0.29, 0.717) is 29.2 Å². The van der Waals surface area contributed by atoms with E-state index in [1.54, 1.807) is 48.2 Å². The van der Waals surface area contributed by atoms with Crippen molar-refractivity contribution in [2.75, 3.05) is 10.2 Å². The molecule has 0 saturated carbocycles. The number of ether oxygens (including phenoxy) is 1. The molecule has 8 nitrogen and oxygen atoms in total. The van der Waals surface area contributed by atoms with Crippen LogP contribution in [0.4, 0.5) is 17.1 Å². The first kappa shape index (κ1) is 21.8. The Morgan fingerprint density at radius 1 is 1.12 bits per heavy atom. The molecule has 1 atom stereocenters. The second-order valence-corrected chi connectivity index (χ2v) is 7.52. The third kappa shape index (κ3) is 5.07. The largest absolute Gasteiger partial charge is 0.479 e. The summed E-state index contributed by atoms with van der Waals surface area (Å²) in [6.45, 7) is 2.12. The lowest BCUT2D eigenvalue weighted by Crippen LogP contribution is -2.44. The van der Waals surface area contributed by atoms with Crippen LogP contribution in [0.1, 0.15) is 18.1 Å². The molecule has 1 N–H and O–H groups in total. The van der Waals surface area contributed by atoms with Gasteiger partial charge >= 0.3 is 0 Å². The second-order valence-electron chi connectivity index (χ2n) is 7.52. The summed E-state index contributed by atoms with van der Waals surface area (Å²) in [6.07, 6.45) is 2.26. The van der Waals surface area contributed by atoms with Gasteiger partial charge in [0.05, 0.1) is 17.2 Å². The number of hydrogen-bond donors (Lipinski definition) is 1. The van der Waals surface area contributed by atoms with E-state index in [-0.39, 0.29) is 17.5 Å². The zero-order valence-corrected chi connectivity index (χ0v) is 17.8. The third-order valence-corrected chi connectivity index (χ3v) is 5.15. The Hall–Kier alpha value is -4.46. The Morgan fingerprint density at radius 2 is 1.85 bits per heavy atom. The summed E-state index contributed by atoms with van der Waals surface area (Å²) in [5.41, 5.74) is 2.81.